The van der Waals surface area contributed by atoms with Gasteiger partial charge < -0.3 is 4.74 Å². The molecule has 142 valence electrons. The van der Waals surface area contributed by atoms with E-state index in [9.17, 15) is 14.9 Å². The Balaban J connectivity index is 1.44. The number of ketones is 1. The van der Waals surface area contributed by atoms with Crippen LogP contribution in [0.15, 0.2) is 79.0 Å². The topological polar surface area (TPSA) is 95.2 Å². The molecular weight excluding hydrogens is 370 g/mol. The first-order valence-electron chi connectivity index (χ1n) is 8.83. The highest BCUT2D eigenvalue weighted by atomic mass is 16.6. The number of benzene rings is 3. The average Bonchev–Trinajstić information content (AvgIpc) is 2.77. The van der Waals surface area contributed by atoms with Gasteiger partial charge in [0, 0.05) is 23.3 Å². The fourth-order valence-electron chi connectivity index (χ4n) is 2.84. The van der Waals surface area contributed by atoms with E-state index < -0.39 is 4.92 Å². The summed E-state index contributed by atoms with van der Waals surface area (Å²) in [5.41, 5.74) is 3.37. The van der Waals surface area contributed by atoms with Gasteiger partial charge in [0.05, 0.1) is 27.8 Å². The van der Waals surface area contributed by atoms with Gasteiger partial charge in [-0.25, -0.2) is 4.98 Å². The Labute approximate surface area is 165 Å². The van der Waals surface area contributed by atoms with E-state index in [0.29, 0.717) is 5.75 Å². The van der Waals surface area contributed by atoms with E-state index in [-0.39, 0.29) is 23.6 Å². The second-order valence-electron chi connectivity index (χ2n) is 6.29. The third kappa shape index (κ3) is 4.08. The number of hydrogen-bond acceptors (Lipinski definition) is 6. The van der Waals surface area contributed by atoms with Crippen molar-refractivity contribution in [2.45, 2.75) is 0 Å². The molecule has 7 nitrogen and oxygen atoms in total. The second-order valence-corrected chi connectivity index (χ2v) is 6.29. The van der Waals surface area contributed by atoms with Crippen LogP contribution in [0.5, 0.6) is 5.75 Å². The molecular formula is C22H15N3O4. The Bertz CT molecular complexity index is 1210. The zero-order valence-corrected chi connectivity index (χ0v) is 15.2. The average molecular weight is 385 g/mol. The van der Waals surface area contributed by atoms with Crippen molar-refractivity contribution in [3.8, 4) is 17.0 Å². The zero-order valence-electron chi connectivity index (χ0n) is 15.2. The molecule has 0 atom stereocenters. The second kappa shape index (κ2) is 7.85. The Morgan fingerprint density at radius 1 is 0.966 bits per heavy atom. The summed E-state index contributed by atoms with van der Waals surface area (Å²) in [6, 6.07) is 20.4. The molecule has 0 aliphatic carbocycles. The molecule has 0 N–H and O–H groups in total. The monoisotopic (exact) mass is 385 g/mol. The number of para-hydroxylation sites is 2. The SMILES string of the molecule is O=C(COc1ccc(-c2cnc3ccccc3n2)cc1)c1cccc([N+](=O)[O-])c1. The van der Waals surface area contributed by atoms with Crippen molar-refractivity contribution in [3.05, 3.63) is 94.7 Å². The standard InChI is InChI=1S/C22H15N3O4/c26-22(16-4-3-5-17(12-16)25(27)28)14-29-18-10-8-15(9-11-18)21-13-23-19-6-1-2-7-20(19)24-21/h1-13H,14H2. The number of non-ortho nitro benzene ring substituents is 1. The molecule has 29 heavy (non-hydrogen) atoms. The number of carbonyl (C=O) groups excluding carboxylic acids is 1. The van der Waals surface area contributed by atoms with Crippen LogP contribution in [0.25, 0.3) is 22.3 Å². The van der Waals surface area contributed by atoms with Crippen LogP contribution in [0, 0.1) is 10.1 Å². The molecule has 0 amide bonds. The third-order valence-corrected chi connectivity index (χ3v) is 4.35. The van der Waals surface area contributed by atoms with Gasteiger partial charge in [-0.05, 0) is 36.4 Å². The lowest BCUT2D eigenvalue weighted by atomic mass is 10.1. The summed E-state index contributed by atoms with van der Waals surface area (Å²) < 4.78 is 5.53. The number of nitro groups is 1. The molecule has 0 saturated carbocycles. The molecule has 0 fully saturated rings. The first kappa shape index (κ1) is 18.2. The Morgan fingerprint density at radius 3 is 2.48 bits per heavy atom. The quantitative estimate of drug-likeness (QED) is 0.276. The van der Waals surface area contributed by atoms with Gasteiger partial charge in [-0.2, -0.15) is 0 Å². The molecule has 0 bridgehead atoms. The number of ether oxygens (including phenoxy) is 1. The van der Waals surface area contributed by atoms with Crippen LogP contribution in [0.1, 0.15) is 10.4 Å². The van der Waals surface area contributed by atoms with Gasteiger partial charge in [-0.1, -0.05) is 24.3 Å². The number of fused-ring (bicyclic) bond motifs is 1. The summed E-state index contributed by atoms with van der Waals surface area (Å²) in [5.74, 6) is 0.180. The van der Waals surface area contributed by atoms with E-state index in [1.807, 2.05) is 36.4 Å². The molecule has 0 saturated heterocycles. The van der Waals surface area contributed by atoms with Crippen molar-refractivity contribution < 1.29 is 14.5 Å². The van der Waals surface area contributed by atoms with Crippen molar-refractivity contribution >= 4 is 22.5 Å². The van der Waals surface area contributed by atoms with Crippen LogP contribution in [-0.4, -0.2) is 27.3 Å². The summed E-state index contributed by atoms with van der Waals surface area (Å²) in [6.07, 6.45) is 1.71. The summed E-state index contributed by atoms with van der Waals surface area (Å²) in [7, 11) is 0. The van der Waals surface area contributed by atoms with Crippen molar-refractivity contribution in [1.82, 2.24) is 9.97 Å². The number of nitro benzene ring substituents is 1. The molecule has 0 unspecified atom stereocenters. The molecule has 1 aromatic heterocycles. The number of aromatic nitrogens is 2. The largest absolute Gasteiger partial charge is 0.485 e. The molecule has 0 radical (unpaired) electrons. The Kier molecular flexibility index (Phi) is 4.94. The van der Waals surface area contributed by atoms with Gasteiger partial charge in [0.25, 0.3) is 5.69 Å². The minimum absolute atomic E-state index is 0.128. The van der Waals surface area contributed by atoms with Gasteiger partial charge >= 0.3 is 0 Å². The van der Waals surface area contributed by atoms with E-state index in [0.717, 1.165) is 22.3 Å². The number of carbonyl (C=O) groups is 1. The minimum atomic E-state index is -0.536. The molecule has 0 aliphatic heterocycles. The highest BCUT2D eigenvalue weighted by Crippen LogP contribution is 2.22. The molecule has 4 rings (SSSR count). The van der Waals surface area contributed by atoms with E-state index >= 15 is 0 Å². The number of rotatable bonds is 6. The normalized spacial score (nSPS) is 10.6. The molecule has 3 aromatic carbocycles. The smallest absolute Gasteiger partial charge is 0.270 e. The predicted molar refractivity (Wildman–Crippen MR) is 108 cm³/mol. The number of Topliss-reactive ketones (excluding diaryl/α,β-unsaturated/α-hetero) is 1. The summed E-state index contributed by atoms with van der Waals surface area (Å²) in [5, 5.41) is 10.8. The Hall–Kier alpha value is -4.13. The fourth-order valence-corrected chi connectivity index (χ4v) is 2.84. The van der Waals surface area contributed by atoms with Gasteiger partial charge in [0.2, 0.25) is 0 Å². The molecule has 0 aliphatic rings. The maximum absolute atomic E-state index is 12.2. The predicted octanol–water partition coefficient (Wildman–Crippen LogP) is 4.47. The van der Waals surface area contributed by atoms with Gasteiger partial charge in [-0.3, -0.25) is 19.9 Å². The highest BCUT2D eigenvalue weighted by Gasteiger charge is 2.12. The van der Waals surface area contributed by atoms with E-state index in [2.05, 4.69) is 9.97 Å². The third-order valence-electron chi connectivity index (χ3n) is 4.35. The van der Waals surface area contributed by atoms with E-state index in [4.69, 9.17) is 4.74 Å². The van der Waals surface area contributed by atoms with Crippen LogP contribution in [0.3, 0.4) is 0 Å². The van der Waals surface area contributed by atoms with Crippen LogP contribution in [-0.2, 0) is 0 Å². The van der Waals surface area contributed by atoms with Crippen LogP contribution >= 0.6 is 0 Å². The Morgan fingerprint density at radius 2 is 1.72 bits per heavy atom. The van der Waals surface area contributed by atoms with Gasteiger partial charge in [0.1, 0.15) is 5.75 Å². The highest BCUT2D eigenvalue weighted by molar-refractivity contribution is 5.97. The lowest BCUT2D eigenvalue weighted by Crippen LogP contribution is -2.11. The number of hydrogen-bond donors (Lipinski definition) is 0. The summed E-state index contributed by atoms with van der Waals surface area (Å²) in [6.45, 7) is -0.212. The van der Waals surface area contributed by atoms with E-state index in [1.165, 1.54) is 24.3 Å². The molecule has 0 spiro atoms. The fraction of sp³-hybridized carbons (Fsp3) is 0.0455. The summed E-state index contributed by atoms with van der Waals surface area (Å²) in [4.78, 5) is 31.5. The first-order chi connectivity index (χ1) is 14.1. The van der Waals surface area contributed by atoms with Gasteiger partial charge in [-0.15, -0.1) is 0 Å². The molecule has 4 aromatic rings. The molecule has 7 heteroatoms. The maximum atomic E-state index is 12.2. The van der Waals surface area contributed by atoms with Gasteiger partial charge in [0.15, 0.2) is 12.4 Å². The zero-order chi connectivity index (χ0) is 20.2. The lowest BCUT2D eigenvalue weighted by Gasteiger charge is -2.07. The first-order valence-corrected chi connectivity index (χ1v) is 8.83. The van der Waals surface area contributed by atoms with Crippen molar-refractivity contribution in [1.29, 1.82) is 0 Å². The number of nitrogens with zero attached hydrogens (tertiary/aromatic N) is 3. The van der Waals surface area contributed by atoms with E-state index in [1.54, 1.807) is 18.3 Å². The van der Waals surface area contributed by atoms with Crippen molar-refractivity contribution in [2.75, 3.05) is 6.61 Å². The minimum Gasteiger partial charge on any atom is -0.485 e. The molecule has 1 heterocycles. The van der Waals surface area contributed by atoms with Crippen LogP contribution < -0.4 is 4.74 Å². The van der Waals surface area contributed by atoms with Crippen molar-refractivity contribution in [2.24, 2.45) is 0 Å². The van der Waals surface area contributed by atoms with Crippen LogP contribution in [0.4, 0.5) is 5.69 Å². The summed E-state index contributed by atoms with van der Waals surface area (Å²) >= 11 is 0. The van der Waals surface area contributed by atoms with Crippen molar-refractivity contribution in [3.63, 3.8) is 0 Å². The maximum Gasteiger partial charge on any atom is 0.270 e. The lowest BCUT2D eigenvalue weighted by molar-refractivity contribution is -0.384. The van der Waals surface area contributed by atoms with Crippen LogP contribution in [0.2, 0.25) is 0 Å².